The van der Waals surface area contributed by atoms with Crippen LogP contribution in [0.2, 0.25) is 0 Å². The molecule has 10 aromatic rings. The lowest BCUT2D eigenvalue weighted by Gasteiger charge is -2.18. The van der Waals surface area contributed by atoms with Crippen molar-refractivity contribution in [3.63, 3.8) is 0 Å². The molecule has 10 rings (SSSR count). The Kier molecular flexibility index (Phi) is 5.86. The highest BCUT2D eigenvalue weighted by molar-refractivity contribution is 6.28. The Morgan fingerprint density at radius 1 is 0.354 bits per heavy atom. The third-order valence-electron chi connectivity index (χ3n) is 10.2. The van der Waals surface area contributed by atoms with Crippen LogP contribution in [-0.2, 0) is 0 Å². The number of fused-ring (bicyclic) bond motifs is 9. The second kappa shape index (κ2) is 10.4. The molecule has 0 N–H and O–H groups in total. The van der Waals surface area contributed by atoms with Crippen molar-refractivity contribution in [1.29, 1.82) is 0 Å². The Bertz CT molecular complexity index is 2780. The van der Waals surface area contributed by atoms with Gasteiger partial charge in [0.05, 0.1) is 11.0 Å². The van der Waals surface area contributed by atoms with Gasteiger partial charge in [-0.2, -0.15) is 0 Å². The molecule has 224 valence electrons. The van der Waals surface area contributed by atoms with Crippen molar-refractivity contribution in [2.24, 2.45) is 0 Å². The number of nitrogens with zero attached hydrogens (tertiary/aromatic N) is 1. The fraction of sp³-hybridized carbons (Fsp3) is 0.0213. The number of benzene rings is 9. The minimum atomic E-state index is 1.16. The van der Waals surface area contributed by atoms with Gasteiger partial charge >= 0.3 is 0 Å². The molecule has 1 heterocycles. The molecule has 0 fully saturated rings. The summed E-state index contributed by atoms with van der Waals surface area (Å²) in [7, 11) is 0. The molecule has 1 heteroatoms. The largest absolute Gasteiger partial charge is 0.309 e. The molecule has 1 aromatic heterocycles. The summed E-state index contributed by atoms with van der Waals surface area (Å²) in [6, 6.07) is 62.6. The Morgan fingerprint density at radius 3 is 1.44 bits per heavy atom. The number of hydrogen-bond donors (Lipinski definition) is 0. The van der Waals surface area contributed by atoms with Crippen LogP contribution in [0.5, 0.6) is 0 Å². The van der Waals surface area contributed by atoms with Crippen LogP contribution in [0.25, 0.3) is 92.8 Å². The normalized spacial score (nSPS) is 11.9. The van der Waals surface area contributed by atoms with Crippen molar-refractivity contribution >= 4 is 64.9 Å². The van der Waals surface area contributed by atoms with Crippen LogP contribution in [0.3, 0.4) is 0 Å². The minimum Gasteiger partial charge on any atom is -0.309 e. The molecule has 0 atom stereocenters. The first-order chi connectivity index (χ1) is 23.7. The Balaban J connectivity index is 1.24. The van der Waals surface area contributed by atoms with Crippen LogP contribution < -0.4 is 0 Å². The SMILES string of the molecule is Cc1ccc2c(-c3ccccc3)c3ccccc3c(-c3ccc(-n4c5ccc6ccccc6c5c5c6ccccc6ccc54)cc3)c2c1. The molecule has 0 radical (unpaired) electrons. The van der Waals surface area contributed by atoms with Gasteiger partial charge in [-0.1, -0.05) is 151 Å². The number of rotatable bonds is 3. The summed E-state index contributed by atoms with van der Waals surface area (Å²) in [6.45, 7) is 2.19. The van der Waals surface area contributed by atoms with Gasteiger partial charge in [-0.15, -0.1) is 0 Å². The van der Waals surface area contributed by atoms with Crippen LogP contribution in [-0.4, -0.2) is 4.57 Å². The number of aryl methyl sites for hydroxylation is 1. The summed E-state index contributed by atoms with van der Waals surface area (Å²) < 4.78 is 2.45. The van der Waals surface area contributed by atoms with Gasteiger partial charge in [0.1, 0.15) is 0 Å². The highest BCUT2D eigenvalue weighted by Crippen LogP contribution is 2.45. The molecule has 0 saturated carbocycles. The van der Waals surface area contributed by atoms with Crippen LogP contribution in [0.1, 0.15) is 5.56 Å². The van der Waals surface area contributed by atoms with E-state index in [1.54, 1.807) is 0 Å². The van der Waals surface area contributed by atoms with E-state index in [1.807, 2.05) is 0 Å². The predicted octanol–water partition coefficient (Wildman–Crippen LogP) is 13.0. The van der Waals surface area contributed by atoms with Gasteiger partial charge in [0.15, 0.2) is 0 Å². The van der Waals surface area contributed by atoms with Crippen molar-refractivity contribution in [2.45, 2.75) is 6.92 Å². The van der Waals surface area contributed by atoms with Crippen LogP contribution in [0.15, 0.2) is 170 Å². The highest BCUT2D eigenvalue weighted by atomic mass is 15.0. The smallest absolute Gasteiger partial charge is 0.0547 e. The van der Waals surface area contributed by atoms with Gasteiger partial charge < -0.3 is 4.57 Å². The molecule has 0 unspecified atom stereocenters. The van der Waals surface area contributed by atoms with Crippen molar-refractivity contribution in [3.05, 3.63) is 175 Å². The number of aromatic nitrogens is 1. The highest BCUT2D eigenvalue weighted by Gasteiger charge is 2.19. The Hall–Kier alpha value is -6.18. The van der Waals surface area contributed by atoms with E-state index in [0.29, 0.717) is 0 Å². The van der Waals surface area contributed by atoms with E-state index in [-0.39, 0.29) is 0 Å². The summed E-state index contributed by atoms with van der Waals surface area (Å²) in [5, 5.41) is 12.9. The molecule has 0 bridgehead atoms. The number of hydrogen-bond acceptors (Lipinski definition) is 0. The fourth-order valence-electron chi connectivity index (χ4n) is 8.12. The first-order valence-electron chi connectivity index (χ1n) is 16.7. The zero-order chi connectivity index (χ0) is 31.8. The molecular weight excluding hydrogens is 579 g/mol. The van der Waals surface area contributed by atoms with Gasteiger partial charge in [-0.25, -0.2) is 0 Å². The standard InChI is InChI=1S/C47H31N/c1-30-19-26-40-41(29-30)45(39-18-10-9-17-38(39)44(40)33-13-3-2-4-14-33)34-20-24-35(25-21-34)48-42-27-22-31-11-5-7-15-36(31)46(42)47-37-16-8-6-12-32(37)23-28-43(47)48/h2-29H,1H3. The van der Waals surface area contributed by atoms with E-state index in [9.17, 15) is 0 Å². The van der Waals surface area contributed by atoms with Gasteiger partial charge in [-0.05, 0) is 96.5 Å². The van der Waals surface area contributed by atoms with Crippen LogP contribution in [0.4, 0.5) is 0 Å². The van der Waals surface area contributed by atoms with Gasteiger partial charge in [0.2, 0.25) is 0 Å². The zero-order valence-corrected chi connectivity index (χ0v) is 26.6. The zero-order valence-electron chi connectivity index (χ0n) is 26.6. The first-order valence-corrected chi connectivity index (χ1v) is 16.7. The van der Waals surface area contributed by atoms with E-state index < -0.39 is 0 Å². The predicted molar refractivity (Wildman–Crippen MR) is 206 cm³/mol. The van der Waals surface area contributed by atoms with E-state index in [4.69, 9.17) is 0 Å². The van der Waals surface area contributed by atoms with Crippen LogP contribution >= 0.6 is 0 Å². The summed E-state index contributed by atoms with van der Waals surface area (Å²) in [5.74, 6) is 0. The van der Waals surface area contributed by atoms with Crippen molar-refractivity contribution in [1.82, 2.24) is 4.57 Å². The molecule has 0 aliphatic heterocycles. The maximum atomic E-state index is 2.45. The first kappa shape index (κ1) is 27.0. The fourth-order valence-corrected chi connectivity index (χ4v) is 8.12. The molecule has 0 saturated heterocycles. The van der Waals surface area contributed by atoms with Crippen LogP contribution in [0, 0.1) is 6.92 Å². The van der Waals surface area contributed by atoms with Gasteiger partial charge in [0.25, 0.3) is 0 Å². The quantitative estimate of drug-likeness (QED) is 0.176. The molecule has 0 aliphatic rings. The summed E-state index contributed by atoms with van der Waals surface area (Å²) in [4.78, 5) is 0. The monoisotopic (exact) mass is 609 g/mol. The lowest BCUT2D eigenvalue weighted by Crippen LogP contribution is -1.95. The molecule has 1 nitrogen and oxygen atoms in total. The lowest BCUT2D eigenvalue weighted by atomic mass is 9.85. The van der Waals surface area contributed by atoms with Crippen molar-refractivity contribution in [2.75, 3.05) is 0 Å². The summed E-state index contributed by atoms with van der Waals surface area (Å²) in [5.41, 5.74) is 9.94. The third-order valence-corrected chi connectivity index (χ3v) is 10.2. The lowest BCUT2D eigenvalue weighted by molar-refractivity contribution is 1.18. The van der Waals surface area contributed by atoms with Crippen molar-refractivity contribution in [3.8, 4) is 27.9 Å². The molecular formula is C47H31N. The van der Waals surface area contributed by atoms with E-state index in [2.05, 4.69) is 181 Å². The molecule has 0 amide bonds. The second-order valence-corrected chi connectivity index (χ2v) is 13.0. The van der Waals surface area contributed by atoms with E-state index in [1.165, 1.54) is 92.7 Å². The topological polar surface area (TPSA) is 4.93 Å². The second-order valence-electron chi connectivity index (χ2n) is 13.0. The third kappa shape index (κ3) is 3.91. The maximum Gasteiger partial charge on any atom is 0.0547 e. The average molecular weight is 610 g/mol. The minimum absolute atomic E-state index is 1.16. The molecule has 0 aliphatic carbocycles. The van der Waals surface area contributed by atoms with Gasteiger partial charge in [0, 0.05) is 16.5 Å². The summed E-state index contributed by atoms with van der Waals surface area (Å²) in [6.07, 6.45) is 0. The summed E-state index contributed by atoms with van der Waals surface area (Å²) >= 11 is 0. The van der Waals surface area contributed by atoms with Crippen molar-refractivity contribution < 1.29 is 0 Å². The molecule has 0 spiro atoms. The Morgan fingerprint density at radius 2 is 0.833 bits per heavy atom. The van der Waals surface area contributed by atoms with Gasteiger partial charge in [-0.3, -0.25) is 0 Å². The van der Waals surface area contributed by atoms with E-state index in [0.717, 1.165) is 5.69 Å². The Labute approximate surface area is 278 Å². The molecule has 9 aromatic carbocycles. The average Bonchev–Trinajstić information content (AvgIpc) is 3.50. The van der Waals surface area contributed by atoms with E-state index >= 15 is 0 Å². The maximum absolute atomic E-state index is 2.45. The molecule has 48 heavy (non-hydrogen) atoms.